The summed E-state index contributed by atoms with van der Waals surface area (Å²) in [5.41, 5.74) is -2.89. The van der Waals surface area contributed by atoms with Crippen LogP contribution in [0.1, 0.15) is 68.3 Å². The lowest BCUT2D eigenvalue weighted by Crippen LogP contribution is -2.01. The van der Waals surface area contributed by atoms with Crippen molar-refractivity contribution in [2.24, 2.45) is 0 Å². The Balaban J connectivity index is 1.30. The molecule has 0 radical (unpaired) electrons. The van der Waals surface area contributed by atoms with E-state index in [1.165, 1.54) is 0 Å². The second-order valence-corrected chi connectivity index (χ2v) is 33.5. The topological polar surface area (TPSA) is 567 Å². The standard InChI is InChI=1S/C64H42N8O24S8/c73-97(74,75)41-17-1-33(2-18-41)49-50(34-3-19-42(20-4-34)98(76,77)78)58-65-57(49)69-59-51(35-5-21-43(22-6-35)99(79,80)81)52(36-7-23-44(24-8-36)100(82,83)84)61(66-59)71-63-55(39-13-29-47(30-14-39)103(91,92)93)56(40-15-31-48(32-16-40)104(94,95)96)64(68-63)72-62-54(38-11-27-46(28-12-38)102(88,89)90)53(60(67-62)70-58)37-9-25-45(26-10-37)101(85,86)87/h1-32H,(H,73,74,75)(H,76,77,78)(H,79,80,81)(H,82,83,84)(H,85,86,87)(H,88,89,90)(H,91,92,93)(H,94,95,96)(H2,65,66,67,68,69,70,71,72)/p-8. The Kier molecular flexibility index (Phi) is 17.7. The molecule has 8 aromatic carbocycles. The van der Waals surface area contributed by atoms with Crippen LogP contribution in [0.3, 0.4) is 0 Å². The van der Waals surface area contributed by atoms with Gasteiger partial charge in [0.15, 0.2) is 23.3 Å². The Bertz CT molecular complexity index is 6260. The minimum atomic E-state index is -5.22. The van der Waals surface area contributed by atoms with E-state index < -0.39 is 166 Å². The summed E-state index contributed by atoms with van der Waals surface area (Å²) in [6.45, 7) is 0. The Morgan fingerprint density at radius 2 is 0.356 bits per heavy atom. The van der Waals surface area contributed by atoms with Crippen LogP contribution in [0.5, 0.6) is 0 Å². The van der Waals surface area contributed by atoms with Crippen LogP contribution in [0.2, 0.25) is 0 Å². The zero-order valence-corrected chi connectivity index (χ0v) is 57.8. The van der Waals surface area contributed by atoms with Gasteiger partial charge in [-0.25, -0.2) is 97.2 Å². The normalized spacial score (nSPS) is 13.9. The van der Waals surface area contributed by atoms with Crippen molar-refractivity contribution in [3.05, 3.63) is 262 Å². The predicted molar refractivity (Wildman–Crippen MR) is 352 cm³/mol. The molecule has 3 aliphatic rings. The number of aromatic amines is 2. The lowest BCUT2D eigenvalue weighted by atomic mass is 9.94. The average Bonchev–Trinajstić information content (AvgIpc) is 1.58. The number of aromatic nitrogens is 8. The number of hydrogen-bond acceptors (Lipinski definition) is 30. The van der Waals surface area contributed by atoms with Crippen LogP contribution in [0.25, 0.3) is 67.0 Å². The molecule has 0 fully saturated rings. The number of benzene rings is 8. The van der Waals surface area contributed by atoms with E-state index in [-0.39, 0.29) is 89.1 Å². The molecule has 0 saturated heterocycles. The van der Waals surface area contributed by atoms with Crippen molar-refractivity contribution >= 4 is 126 Å². The van der Waals surface area contributed by atoms with E-state index in [4.69, 9.17) is 29.9 Å². The van der Waals surface area contributed by atoms with Gasteiger partial charge < -0.3 is 46.4 Å². The van der Waals surface area contributed by atoms with Gasteiger partial charge in [0, 0.05) is 44.6 Å². The molecule has 8 bridgehead atoms. The van der Waals surface area contributed by atoms with E-state index in [2.05, 4.69) is 9.97 Å². The summed E-state index contributed by atoms with van der Waals surface area (Å²) in [5.74, 6) is -2.82. The minimum Gasteiger partial charge on any atom is -0.744 e. The van der Waals surface area contributed by atoms with Crippen LogP contribution in [-0.2, 0) is 80.9 Å². The molecular formula is C64H34N8O24S8-8. The SMILES string of the molecule is O=S(=O)([O-])c1ccc(C2=C(c3ccc(S(=O)(=O)[O-])cc3)c3nc2nc2nc([nH]c4nc(nc5[nH]c(n3)c(-c3ccc(S(=O)(=O)[O-])cc3)c5-c3ccc(S(=O)(=O)[O-])cc3)C(c3ccc(S(=O)(=O)[O-])cc3)=C4c3ccc(S(=O)(=O)[O-])cc3)C(c3ccc(S(=O)(=O)[O-])cc3)=C2c2ccc(S(=O)(=O)[O-])cc2)cc1. The third kappa shape index (κ3) is 14.2. The zero-order chi connectivity index (χ0) is 74.8. The van der Waals surface area contributed by atoms with E-state index in [1.54, 1.807) is 0 Å². The molecule has 0 aliphatic carbocycles. The monoisotopic (exact) mass is 1550 g/mol. The third-order valence-electron chi connectivity index (χ3n) is 16.1. The van der Waals surface area contributed by atoms with Gasteiger partial charge in [-0.2, -0.15) is 0 Å². The number of fused-ring (bicyclic) bond motifs is 8. The van der Waals surface area contributed by atoms with Gasteiger partial charge in [-0.3, -0.25) is 0 Å². The van der Waals surface area contributed by atoms with Crippen molar-refractivity contribution in [2.75, 3.05) is 0 Å². The lowest BCUT2D eigenvalue weighted by Gasteiger charge is -2.14. The van der Waals surface area contributed by atoms with Gasteiger partial charge in [0.05, 0.1) is 39.2 Å². The smallest absolute Gasteiger partial charge is 0.165 e. The molecule has 530 valence electrons. The molecule has 2 aromatic heterocycles. The molecule has 0 amide bonds. The highest BCUT2D eigenvalue weighted by Gasteiger charge is 2.34. The molecule has 32 nitrogen and oxygen atoms in total. The molecule has 0 saturated carbocycles. The minimum absolute atomic E-state index is 0.0621. The molecule has 10 aromatic rings. The second-order valence-electron chi connectivity index (χ2n) is 22.4. The maximum absolute atomic E-state index is 12.5. The molecule has 13 rings (SSSR count). The fourth-order valence-corrected chi connectivity index (χ4v) is 15.2. The second kappa shape index (κ2) is 25.7. The summed E-state index contributed by atoms with van der Waals surface area (Å²) in [6.07, 6.45) is 0. The summed E-state index contributed by atoms with van der Waals surface area (Å²) < 4.78 is 301. The number of hydrogen-bond donors (Lipinski definition) is 2. The fraction of sp³-hybridized carbons (Fsp3) is 0. The van der Waals surface area contributed by atoms with E-state index >= 15 is 0 Å². The van der Waals surface area contributed by atoms with Crippen molar-refractivity contribution in [2.45, 2.75) is 39.2 Å². The van der Waals surface area contributed by atoms with Gasteiger partial charge in [0.2, 0.25) is 0 Å². The van der Waals surface area contributed by atoms with Crippen molar-refractivity contribution in [3.63, 3.8) is 0 Å². The highest BCUT2D eigenvalue weighted by molar-refractivity contribution is 7.87. The first-order valence-electron chi connectivity index (χ1n) is 28.9. The summed E-state index contributed by atoms with van der Waals surface area (Å²) in [4.78, 5) is 30.0. The molecule has 40 heteroatoms. The van der Waals surface area contributed by atoms with Crippen LogP contribution >= 0.6 is 0 Å². The van der Waals surface area contributed by atoms with Crippen molar-refractivity contribution in [3.8, 4) is 22.3 Å². The Morgan fingerprint density at radius 3 is 0.567 bits per heavy atom. The highest BCUT2D eigenvalue weighted by Crippen LogP contribution is 2.46. The molecule has 0 atom stereocenters. The van der Waals surface area contributed by atoms with Gasteiger partial charge >= 0.3 is 0 Å². The quantitative estimate of drug-likeness (QED) is 0.117. The number of nitrogens with one attached hydrogen (secondary N) is 2. The van der Waals surface area contributed by atoms with Crippen molar-refractivity contribution < 1.29 is 104 Å². The highest BCUT2D eigenvalue weighted by atomic mass is 32.2. The van der Waals surface area contributed by atoms with Gasteiger partial charge in [0.25, 0.3) is 0 Å². The third-order valence-corrected chi connectivity index (χ3v) is 22.9. The first kappa shape index (κ1) is 71.7. The number of H-pyrrole nitrogens is 2. The first-order chi connectivity index (χ1) is 48.6. The van der Waals surface area contributed by atoms with Crippen LogP contribution in [0, 0.1) is 0 Å². The van der Waals surface area contributed by atoms with Gasteiger partial charge in [-0.15, -0.1) is 0 Å². The van der Waals surface area contributed by atoms with Gasteiger partial charge in [0.1, 0.15) is 104 Å². The zero-order valence-electron chi connectivity index (χ0n) is 51.2. The molecular weight excluding hydrogens is 1520 g/mol. The van der Waals surface area contributed by atoms with Crippen LogP contribution in [-0.4, -0.2) is 144 Å². The number of rotatable bonds is 16. The maximum Gasteiger partial charge on any atom is 0.165 e. The van der Waals surface area contributed by atoms with Gasteiger partial charge in [-0.05, 0) is 142 Å². The van der Waals surface area contributed by atoms with E-state index in [9.17, 15) is 104 Å². The Labute approximate surface area is 589 Å². The summed E-state index contributed by atoms with van der Waals surface area (Å²) in [6, 6.07) is 32.3. The largest absolute Gasteiger partial charge is 0.744 e. The average molecular weight is 1560 g/mol. The van der Waals surface area contributed by atoms with E-state index in [0.717, 1.165) is 194 Å². The van der Waals surface area contributed by atoms with Crippen LogP contribution < -0.4 is 0 Å². The summed E-state index contributed by atoms with van der Waals surface area (Å²) in [7, 11) is -41.7. The van der Waals surface area contributed by atoms with Crippen LogP contribution in [0.15, 0.2) is 233 Å². The van der Waals surface area contributed by atoms with E-state index in [1.807, 2.05) is 0 Å². The maximum atomic E-state index is 12.5. The first-order valence-corrected chi connectivity index (χ1v) is 40.2. The van der Waals surface area contributed by atoms with Crippen LogP contribution in [0.4, 0.5) is 0 Å². The molecule has 0 unspecified atom stereocenters. The molecule has 2 N–H and O–H groups in total. The summed E-state index contributed by atoms with van der Waals surface area (Å²) >= 11 is 0. The van der Waals surface area contributed by atoms with E-state index in [0.29, 0.717) is 0 Å². The fourth-order valence-electron chi connectivity index (χ4n) is 11.4. The Hall–Kier alpha value is -10.6. The number of nitrogens with zero attached hydrogens (tertiary/aromatic N) is 6. The molecule has 0 spiro atoms. The van der Waals surface area contributed by atoms with Gasteiger partial charge in [-0.1, -0.05) is 97.1 Å². The van der Waals surface area contributed by atoms with Crippen molar-refractivity contribution in [1.82, 2.24) is 39.9 Å². The molecule has 104 heavy (non-hydrogen) atoms. The lowest BCUT2D eigenvalue weighted by molar-refractivity contribution is 0.461. The summed E-state index contributed by atoms with van der Waals surface area (Å²) in [5, 5.41) is 0. The molecule has 5 heterocycles. The van der Waals surface area contributed by atoms with Crippen molar-refractivity contribution in [1.29, 1.82) is 0 Å². The molecule has 3 aliphatic heterocycles. The Morgan fingerprint density at radius 1 is 0.192 bits per heavy atom. The predicted octanol–water partition coefficient (Wildman–Crippen LogP) is 5.21.